The van der Waals surface area contributed by atoms with Crippen molar-refractivity contribution in [3.63, 3.8) is 0 Å². The quantitative estimate of drug-likeness (QED) is 0.870. The van der Waals surface area contributed by atoms with Crippen molar-refractivity contribution in [2.75, 3.05) is 13.6 Å². The lowest BCUT2D eigenvalue weighted by Gasteiger charge is -2.23. The molecular formula is C14H21FN2O. The molecule has 1 amide bonds. The molecule has 0 saturated carbocycles. The summed E-state index contributed by atoms with van der Waals surface area (Å²) in [7, 11) is 1.72. The van der Waals surface area contributed by atoms with Crippen molar-refractivity contribution in [3.8, 4) is 0 Å². The van der Waals surface area contributed by atoms with Gasteiger partial charge in [0.25, 0.3) is 0 Å². The average Bonchev–Trinajstić information content (AvgIpc) is 2.25. The van der Waals surface area contributed by atoms with Crippen molar-refractivity contribution in [1.82, 2.24) is 4.90 Å². The highest BCUT2D eigenvalue weighted by Gasteiger charge is 2.19. The van der Waals surface area contributed by atoms with Crippen molar-refractivity contribution in [2.24, 2.45) is 5.73 Å². The Morgan fingerprint density at radius 3 is 2.56 bits per heavy atom. The molecule has 0 atom stereocenters. The van der Waals surface area contributed by atoms with Gasteiger partial charge in [-0.1, -0.05) is 18.2 Å². The van der Waals surface area contributed by atoms with E-state index in [4.69, 9.17) is 5.73 Å². The fraction of sp³-hybridized carbons (Fsp3) is 0.500. The van der Waals surface area contributed by atoms with Crippen LogP contribution in [0.5, 0.6) is 0 Å². The normalized spacial score (nSPS) is 11.4. The van der Waals surface area contributed by atoms with Gasteiger partial charge in [-0.25, -0.2) is 4.39 Å². The average molecular weight is 252 g/mol. The molecule has 2 N–H and O–H groups in total. The summed E-state index contributed by atoms with van der Waals surface area (Å²) in [5, 5.41) is 0. The fourth-order valence-electron chi connectivity index (χ4n) is 1.64. The molecule has 0 unspecified atom stereocenters. The minimum absolute atomic E-state index is 0.0150. The first-order valence-electron chi connectivity index (χ1n) is 6.06. The van der Waals surface area contributed by atoms with Gasteiger partial charge in [0.1, 0.15) is 5.82 Å². The number of nitrogens with two attached hydrogens (primary N) is 1. The van der Waals surface area contributed by atoms with Gasteiger partial charge < -0.3 is 10.6 Å². The summed E-state index contributed by atoms with van der Waals surface area (Å²) in [6.07, 6.45) is 0.806. The Bertz CT molecular complexity index is 413. The third-order valence-electron chi connectivity index (χ3n) is 2.71. The smallest absolute Gasteiger partial charge is 0.224 e. The van der Waals surface area contributed by atoms with Gasteiger partial charge in [0, 0.05) is 25.6 Å². The van der Waals surface area contributed by atoms with Crippen LogP contribution in [0.1, 0.15) is 25.8 Å². The van der Waals surface area contributed by atoms with E-state index in [9.17, 15) is 9.18 Å². The highest BCUT2D eigenvalue weighted by molar-refractivity contribution is 5.77. The Kier molecular flexibility index (Phi) is 4.84. The molecule has 0 aliphatic carbocycles. The van der Waals surface area contributed by atoms with Crippen molar-refractivity contribution < 1.29 is 9.18 Å². The molecule has 0 radical (unpaired) electrons. The number of carbonyl (C=O) groups excluding carboxylic acids is 1. The number of halogens is 1. The molecule has 1 aromatic rings. The van der Waals surface area contributed by atoms with Gasteiger partial charge in [0.05, 0.1) is 0 Å². The molecule has 18 heavy (non-hydrogen) atoms. The maximum Gasteiger partial charge on any atom is 0.224 e. The van der Waals surface area contributed by atoms with E-state index in [2.05, 4.69) is 0 Å². The van der Waals surface area contributed by atoms with E-state index < -0.39 is 5.54 Å². The van der Waals surface area contributed by atoms with Crippen LogP contribution in [0.2, 0.25) is 0 Å². The van der Waals surface area contributed by atoms with Crippen molar-refractivity contribution in [3.05, 3.63) is 35.6 Å². The van der Waals surface area contributed by atoms with Gasteiger partial charge in [-0.2, -0.15) is 0 Å². The van der Waals surface area contributed by atoms with Crippen molar-refractivity contribution in [1.29, 1.82) is 0 Å². The fourth-order valence-corrected chi connectivity index (χ4v) is 1.64. The molecule has 0 heterocycles. The van der Waals surface area contributed by atoms with Crippen LogP contribution in [0.3, 0.4) is 0 Å². The molecule has 0 aliphatic heterocycles. The highest BCUT2D eigenvalue weighted by atomic mass is 19.1. The summed E-state index contributed by atoms with van der Waals surface area (Å²) < 4.78 is 13.4. The van der Waals surface area contributed by atoms with Gasteiger partial charge in [-0.3, -0.25) is 4.79 Å². The van der Waals surface area contributed by atoms with E-state index in [-0.39, 0.29) is 11.7 Å². The van der Waals surface area contributed by atoms with E-state index in [0.29, 0.717) is 24.9 Å². The number of carbonyl (C=O) groups is 1. The summed E-state index contributed by atoms with van der Waals surface area (Å²) in [5.74, 6) is -0.239. The molecule has 0 saturated heterocycles. The van der Waals surface area contributed by atoms with Crippen LogP contribution in [0.4, 0.5) is 4.39 Å². The van der Waals surface area contributed by atoms with Gasteiger partial charge in [-0.15, -0.1) is 0 Å². The molecule has 0 bridgehead atoms. The first-order chi connectivity index (χ1) is 8.29. The monoisotopic (exact) mass is 252 g/mol. The van der Waals surface area contributed by atoms with E-state index in [1.807, 2.05) is 13.8 Å². The Balaban J connectivity index is 2.49. The lowest BCUT2D eigenvalue weighted by Crippen LogP contribution is -2.40. The molecule has 1 aromatic carbocycles. The Hall–Kier alpha value is -1.42. The first-order valence-corrected chi connectivity index (χ1v) is 6.06. The molecule has 0 fully saturated rings. The Morgan fingerprint density at radius 2 is 2.00 bits per heavy atom. The van der Waals surface area contributed by atoms with Crippen molar-refractivity contribution >= 4 is 5.91 Å². The highest BCUT2D eigenvalue weighted by Crippen LogP contribution is 2.09. The van der Waals surface area contributed by atoms with Gasteiger partial charge in [0.2, 0.25) is 5.91 Å². The molecule has 0 spiro atoms. The maximum absolute atomic E-state index is 13.4. The van der Waals surface area contributed by atoms with Gasteiger partial charge >= 0.3 is 0 Å². The SMILES string of the molecule is CN(CCc1ccccc1F)C(=O)CC(C)(C)N. The van der Waals surface area contributed by atoms with Crippen LogP contribution in [0, 0.1) is 5.82 Å². The lowest BCUT2D eigenvalue weighted by atomic mass is 10.0. The Labute approximate surface area is 108 Å². The summed E-state index contributed by atoms with van der Waals surface area (Å²) in [5.41, 5.74) is 5.92. The lowest BCUT2D eigenvalue weighted by molar-refractivity contribution is -0.130. The zero-order valence-corrected chi connectivity index (χ0v) is 11.2. The molecule has 3 nitrogen and oxygen atoms in total. The van der Waals surface area contributed by atoms with Gasteiger partial charge in [-0.05, 0) is 31.9 Å². The maximum atomic E-state index is 13.4. The van der Waals surface area contributed by atoms with Crippen LogP contribution >= 0.6 is 0 Å². The number of nitrogens with zero attached hydrogens (tertiary/aromatic N) is 1. The summed E-state index contributed by atoms with van der Waals surface area (Å²) in [4.78, 5) is 13.4. The zero-order valence-electron chi connectivity index (χ0n) is 11.2. The number of rotatable bonds is 5. The van der Waals surface area contributed by atoms with Crippen LogP contribution < -0.4 is 5.73 Å². The minimum Gasteiger partial charge on any atom is -0.345 e. The number of likely N-dealkylation sites (N-methyl/N-ethyl adjacent to an activating group) is 1. The predicted molar refractivity (Wildman–Crippen MR) is 70.6 cm³/mol. The van der Waals surface area contributed by atoms with E-state index in [0.717, 1.165) is 0 Å². The van der Waals surface area contributed by atoms with Crippen molar-refractivity contribution in [2.45, 2.75) is 32.2 Å². The summed E-state index contributed by atoms with van der Waals surface area (Å²) >= 11 is 0. The Morgan fingerprint density at radius 1 is 1.39 bits per heavy atom. The molecule has 0 aliphatic rings. The second kappa shape index (κ2) is 5.96. The van der Waals surface area contributed by atoms with E-state index in [1.165, 1.54) is 6.07 Å². The van der Waals surface area contributed by atoms with Crippen LogP contribution in [0.15, 0.2) is 24.3 Å². The number of hydrogen-bond acceptors (Lipinski definition) is 2. The van der Waals surface area contributed by atoms with Gasteiger partial charge in [0.15, 0.2) is 0 Å². The second-order valence-corrected chi connectivity index (χ2v) is 5.32. The molecule has 1 rings (SSSR count). The molecule has 0 aromatic heterocycles. The topological polar surface area (TPSA) is 46.3 Å². The summed E-state index contributed by atoms with van der Waals surface area (Å²) in [6.45, 7) is 4.13. The van der Waals surface area contributed by atoms with E-state index >= 15 is 0 Å². The van der Waals surface area contributed by atoms with Crippen LogP contribution in [0.25, 0.3) is 0 Å². The molecule has 100 valence electrons. The minimum atomic E-state index is -0.511. The first kappa shape index (κ1) is 14.6. The third kappa shape index (κ3) is 4.84. The second-order valence-electron chi connectivity index (χ2n) is 5.32. The van der Waals surface area contributed by atoms with Crippen LogP contribution in [-0.4, -0.2) is 29.9 Å². The molecular weight excluding hydrogens is 231 g/mol. The number of hydrogen-bond donors (Lipinski definition) is 1. The number of amides is 1. The van der Waals surface area contributed by atoms with Crippen LogP contribution in [-0.2, 0) is 11.2 Å². The predicted octanol–water partition coefficient (Wildman–Crippen LogP) is 1.95. The zero-order chi connectivity index (χ0) is 13.8. The van der Waals surface area contributed by atoms with E-state index in [1.54, 1.807) is 30.1 Å². The molecule has 4 heteroatoms. The largest absolute Gasteiger partial charge is 0.345 e. The third-order valence-corrected chi connectivity index (χ3v) is 2.71. The summed E-state index contributed by atoms with van der Waals surface area (Å²) in [6, 6.07) is 6.62. The standard InChI is InChI=1S/C14H21FN2O/c1-14(2,16)10-13(18)17(3)9-8-11-6-4-5-7-12(11)15/h4-7H,8-10,16H2,1-3H3. The number of benzene rings is 1.